The summed E-state index contributed by atoms with van der Waals surface area (Å²) in [6.45, 7) is 0.191. The zero-order valence-corrected chi connectivity index (χ0v) is 10.9. The normalized spacial score (nSPS) is 10.8. The van der Waals surface area contributed by atoms with Crippen molar-refractivity contribution in [2.24, 2.45) is 0 Å². The summed E-state index contributed by atoms with van der Waals surface area (Å²) in [5, 5.41) is 0.533. The highest BCUT2D eigenvalue weighted by Gasteiger charge is 2.13. The molecule has 0 aliphatic carbocycles. The maximum Gasteiger partial charge on any atom is 0.200 e. The molecule has 19 heavy (non-hydrogen) atoms. The predicted molar refractivity (Wildman–Crippen MR) is 75.6 cm³/mol. The molecule has 3 aromatic rings. The highest BCUT2D eigenvalue weighted by atomic mass is 32.1. The molecule has 4 nitrogen and oxygen atoms in total. The standard InChI is InChI=1S/C14H11N3OS/c18-13(11-6-3-4-8-15-11)9-17-12-7-2-1-5-10(12)16-14(17)19/h1-8H,9H2,(H,16,19). The zero-order chi connectivity index (χ0) is 13.2. The lowest BCUT2D eigenvalue weighted by atomic mass is 10.2. The van der Waals surface area contributed by atoms with E-state index in [-0.39, 0.29) is 12.3 Å². The third-order valence-electron chi connectivity index (χ3n) is 2.89. The lowest BCUT2D eigenvalue weighted by Crippen LogP contribution is -2.12. The third kappa shape index (κ3) is 2.24. The number of fused-ring (bicyclic) bond motifs is 1. The number of rotatable bonds is 3. The van der Waals surface area contributed by atoms with Gasteiger partial charge in [0.25, 0.3) is 0 Å². The van der Waals surface area contributed by atoms with Crippen LogP contribution in [0.15, 0.2) is 53.8 Å². The van der Waals surface area contributed by atoms with Gasteiger partial charge in [-0.15, -0.1) is 12.6 Å². The topological polar surface area (TPSA) is 47.8 Å². The van der Waals surface area contributed by atoms with Gasteiger partial charge in [0, 0.05) is 6.20 Å². The van der Waals surface area contributed by atoms with E-state index in [1.807, 2.05) is 24.3 Å². The zero-order valence-electron chi connectivity index (χ0n) is 10.0. The van der Waals surface area contributed by atoms with E-state index in [9.17, 15) is 4.79 Å². The van der Waals surface area contributed by atoms with Crippen molar-refractivity contribution in [3.8, 4) is 0 Å². The van der Waals surface area contributed by atoms with Crippen LogP contribution in [0.5, 0.6) is 0 Å². The van der Waals surface area contributed by atoms with Gasteiger partial charge in [-0.25, -0.2) is 4.98 Å². The van der Waals surface area contributed by atoms with Crippen LogP contribution in [0.3, 0.4) is 0 Å². The summed E-state index contributed by atoms with van der Waals surface area (Å²) >= 11 is 4.32. The Bertz CT molecular complexity index is 737. The Hall–Kier alpha value is -2.14. The number of hydrogen-bond donors (Lipinski definition) is 1. The molecule has 0 aliphatic heterocycles. The Morgan fingerprint density at radius 1 is 1.16 bits per heavy atom. The van der Waals surface area contributed by atoms with Crippen LogP contribution in [-0.4, -0.2) is 20.3 Å². The van der Waals surface area contributed by atoms with Crippen molar-refractivity contribution in [2.45, 2.75) is 11.7 Å². The van der Waals surface area contributed by atoms with Crippen LogP contribution in [0.2, 0.25) is 0 Å². The highest BCUT2D eigenvalue weighted by molar-refractivity contribution is 7.80. The number of Topliss-reactive ketones (excluding diaryl/α,β-unsaturated/α-hetero) is 1. The molecule has 5 heteroatoms. The van der Waals surface area contributed by atoms with Gasteiger partial charge in [-0.05, 0) is 24.3 Å². The van der Waals surface area contributed by atoms with E-state index >= 15 is 0 Å². The first-order valence-electron chi connectivity index (χ1n) is 5.84. The number of ketones is 1. The molecule has 1 aromatic carbocycles. The molecule has 0 radical (unpaired) electrons. The number of carbonyl (C=O) groups excluding carboxylic acids is 1. The fourth-order valence-corrected chi connectivity index (χ4v) is 2.26. The van der Waals surface area contributed by atoms with Crippen LogP contribution in [0.1, 0.15) is 10.5 Å². The van der Waals surface area contributed by atoms with Crippen LogP contribution < -0.4 is 0 Å². The van der Waals surface area contributed by atoms with Crippen LogP contribution in [0, 0.1) is 0 Å². The molecule has 0 spiro atoms. The van der Waals surface area contributed by atoms with Crippen LogP contribution in [0.4, 0.5) is 0 Å². The van der Waals surface area contributed by atoms with E-state index in [1.54, 1.807) is 29.0 Å². The minimum absolute atomic E-state index is 0.0564. The van der Waals surface area contributed by atoms with Gasteiger partial charge in [-0.3, -0.25) is 9.78 Å². The summed E-state index contributed by atoms with van der Waals surface area (Å²) in [7, 11) is 0. The number of imidazole rings is 1. The maximum absolute atomic E-state index is 12.2. The number of carbonyl (C=O) groups is 1. The monoisotopic (exact) mass is 269 g/mol. The summed E-state index contributed by atoms with van der Waals surface area (Å²) in [6.07, 6.45) is 1.61. The molecule has 2 aromatic heterocycles. The first-order chi connectivity index (χ1) is 9.25. The summed E-state index contributed by atoms with van der Waals surface area (Å²) < 4.78 is 1.79. The lowest BCUT2D eigenvalue weighted by molar-refractivity contribution is 0.0965. The Balaban J connectivity index is 1.98. The number of aromatic nitrogens is 3. The molecule has 94 valence electrons. The Morgan fingerprint density at radius 2 is 1.95 bits per heavy atom. The van der Waals surface area contributed by atoms with Gasteiger partial charge >= 0.3 is 0 Å². The summed E-state index contributed by atoms with van der Waals surface area (Å²) in [5.41, 5.74) is 2.19. The van der Waals surface area contributed by atoms with E-state index in [1.165, 1.54) is 0 Å². The third-order valence-corrected chi connectivity index (χ3v) is 3.23. The minimum atomic E-state index is -0.0564. The van der Waals surface area contributed by atoms with Gasteiger partial charge < -0.3 is 4.57 Å². The van der Waals surface area contributed by atoms with Gasteiger partial charge in [0.15, 0.2) is 5.16 Å². The smallest absolute Gasteiger partial charge is 0.200 e. The quantitative estimate of drug-likeness (QED) is 0.587. The Labute approximate surface area is 115 Å². The van der Waals surface area contributed by atoms with Crippen LogP contribution >= 0.6 is 12.6 Å². The van der Waals surface area contributed by atoms with Gasteiger partial charge in [0.2, 0.25) is 5.78 Å². The second kappa shape index (κ2) is 4.85. The van der Waals surface area contributed by atoms with E-state index < -0.39 is 0 Å². The number of pyridine rings is 1. The summed E-state index contributed by atoms with van der Waals surface area (Å²) in [4.78, 5) is 20.5. The van der Waals surface area contributed by atoms with Crippen molar-refractivity contribution in [1.29, 1.82) is 0 Å². The predicted octanol–water partition coefficient (Wildman–Crippen LogP) is 2.60. The molecule has 0 amide bonds. The molecular weight excluding hydrogens is 258 g/mol. The average Bonchev–Trinajstić information content (AvgIpc) is 2.76. The maximum atomic E-state index is 12.2. The fraction of sp³-hybridized carbons (Fsp3) is 0.0714. The largest absolute Gasteiger partial charge is 0.311 e. The van der Waals surface area contributed by atoms with Crippen molar-refractivity contribution in [3.05, 3.63) is 54.4 Å². The number of benzene rings is 1. The molecular formula is C14H11N3OS. The number of hydrogen-bond acceptors (Lipinski definition) is 4. The minimum Gasteiger partial charge on any atom is -0.311 e. The number of thiol groups is 1. The second-order valence-corrected chi connectivity index (χ2v) is 4.52. The van der Waals surface area contributed by atoms with Crippen molar-refractivity contribution in [2.75, 3.05) is 0 Å². The Morgan fingerprint density at radius 3 is 2.74 bits per heavy atom. The van der Waals surface area contributed by atoms with Gasteiger partial charge in [0.1, 0.15) is 5.69 Å². The van der Waals surface area contributed by atoms with Gasteiger partial charge in [-0.2, -0.15) is 0 Å². The molecule has 0 aliphatic rings. The second-order valence-electron chi connectivity index (χ2n) is 4.12. The van der Waals surface area contributed by atoms with E-state index in [0.29, 0.717) is 10.9 Å². The van der Waals surface area contributed by atoms with Crippen molar-refractivity contribution in [1.82, 2.24) is 14.5 Å². The molecule has 0 atom stereocenters. The SMILES string of the molecule is O=C(Cn1c(S)nc2ccccc21)c1ccccn1. The molecule has 0 fully saturated rings. The molecule has 0 bridgehead atoms. The molecule has 0 N–H and O–H groups in total. The molecule has 2 heterocycles. The van der Waals surface area contributed by atoms with Gasteiger partial charge in [0.05, 0.1) is 17.6 Å². The number of para-hydroxylation sites is 2. The highest BCUT2D eigenvalue weighted by Crippen LogP contribution is 2.18. The lowest BCUT2D eigenvalue weighted by Gasteiger charge is -2.05. The van der Waals surface area contributed by atoms with Crippen LogP contribution in [0.25, 0.3) is 11.0 Å². The number of nitrogens with zero attached hydrogens (tertiary/aromatic N) is 3. The van der Waals surface area contributed by atoms with Crippen LogP contribution in [-0.2, 0) is 6.54 Å². The Kier molecular flexibility index (Phi) is 3.05. The van der Waals surface area contributed by atoms with E-state index in [2.05, 4.69) is 22.6 Å². The van der Waals surface area contributed by atoms with Crippen molar-refractivity contribution in [3.63, 3.8) is 0 Å². The summed E-state index contributed by atoms with van der Waals surface area (Å²) in [5.74, 6) is -0.0564. The van der Waals surface area contributed by atoms with Crippen molar-refractivity contribution >= 4 is 29.4 Å². The summed E-state index contributed by atoms with van der Waals surface area (Å²) in [6, 6.07) is 12.9. The fourth-order valence-electron chi connectivity index (χ4n) is 1.97. The average molecular weight is 269 g/mol. The van der Waals surface area contributed by atoms with E-state index in [0.717, 1.165) is 11.0 Å². The first kappa shape index (κ1) is 11.9. The van der Waals surface area contributed by atoms with Crippen molar-refractivity contribution < 1.29 is 4.79 Å². The van der Waals surface area contributed by atoms with Gasteiger partial charge in [-0.1, -0.05) is 18.2 Å². The first-order valence-corrected chi connectivity index (χ1v) is 6.29. The van der Waals surface area contributed by atoms with E-state index in [4.69, 9.17) is 0 Å². The molecule has 0 unspecified atom stereocenters. The molecule has 3 rings (SSSR count). The molecule has 0 saturated carbocycles. The molecule has 0 saturated heterocycles.